The molecule has 5 N–H and O–H groups in total. The summed E-state index contributed by atoms with van der Waals surface area (Å²) in [4.78, 5) is 24.6. The molecule has 0 saturated carbocycles. The lowest BCUT2D eigenvalue weighted by atomic mass is 10.1. The summed E-state index contributed by atoms with van der Waals surface area (Å²) in [5.74, 6) is 4.75. The van der Waals surface area contributed by atoms with Crippen molar-refractivity contribution in [1.82, 2.24) is 5.43 Å². The van der Waals surface area contributed by atoms with Crippen LogP contribution in [-0.2, 0) is 9.59 Å². The van der Waals surface area contributed by atoms with Gasteiger partial charge in [-0.05, 0) is 19.1 Å². The van der Waals surface area contributed by atoms with E-state index in [1.54, 1.807) is 25.1 Å². The Kier molecular flexibility index (Phi) is 3.07. The molecular weight excluding hydrogens is 236 g/mol. The largest absolute Gasteiger partial charge is 0.479 e. The minimum absolute atomic E-state index is 0.153. The third-order valence-electron chi connectivity index (χ3n) is 2.65. The van der Waals surface area contributed by atoms with Gasteiger partial charge in [-0.2, -0.15) is 0 Å². The SMILES string of the molecule is CC1Oc2cc(N)ccc2N(CC(=O)NN)C1=O. The molecule has 0 fully saturated rings. The number of benzene rings is 1. The summed E-state index contributed by atoms with van der Waals surface area (Å²) in [6.07, 6.45) is -0.662. The molecule has 96 valence electrons. The Balaban J connectivity index is 2.39. The molecule has 2 amide bonds. The zero-order chi connectivity index (χ0) is 13.3. The molecule has 1 aromatic rings. The number of hydrogen-bond acceptors (Lipinski definition) is 5. The van der Waals surface area contributed by atoms with Crippen molar-refractivity contribution in [3.63, 3.8) is 0 Å². The molecule has 18 heavy (non-hydrogen) atoms. The van der Waals surface area contributed by atoms with E-state index in [0.717, 1.165) is 0 Å². The van der Waals surface area contributed by atoms with Crippen LogP contribution in [0.5, 0.6) is 5.75 Å². The Morgan fingerprint density at radius 2 is 2.28 bits per heavy atom. The first kappa shape index (κ1) is 12.2. The maximum Gasteiger partial charge on any atom is 0.268 e. The van der Waals surface area contributed by atoms with E-state index < -0.39 is 12.0 Å². The molecule has 0 bridgehead atoms. The molecule has 0 aliphatic carbocycles. The van der Waals surface area contributed by atoms with E-state index >= 15 is 0 Å². The van der Waals surface area contributed by atoms with Gasteiger partial charge in [-0.25, -0.2) is 5.84 Å². The van der Waals surface area contributed by atoms with Crippen LogP contribution in [0.4, 0.5) is 11.4 Å². The topological polar surface area (TPSA) is 111 Å². The number of rotatable bonds is 2. The van der Waals surface area contributed by atoms with Crippen LogP contribution in [0.2, 0.25) is 0 Å². The van der Waals surface area contributed by atoms with Gasteiger partial charge in [0.25, 0.3) is 11.8 Å². The maximum atomic E-state index is 12.0. The highest BCUT2D eigenvalue weighted by atomic mass is 16.5. The van der Waals surface area contributed by atoms with E-state index in [9.17, 15) is 9.59 Å². The fourth-order valence-corrected chi connectivity index (χ4v) is 1.78. The molecule has 0 spiro atoms. The van der Waals surface area contributed by atoms with E-state index in [4.69, 9.17) is 16.3 Å². The highest BCUT2D eigenvalue weighted by molar-refractivity contribution is 6.03. The van der Waals surface area contributed by atoms with Crippen LogP contribution in [0.25, 0.3) is 0 Å². The summed E-state index contributed by atoms with van der Waals surface area (Å²) in [6, 6.07) is 4.89. The van der Waals surface area contributed by atoms with Crippen molar-refractivity contribution >= 4 is 23.2 Å². The van der Waals surface area contributed by atoms with Gasteiger partial charge in [0.15, 0.2) is 6.10 Å². The van der Waals surface area contributed by atoms with E-state index in [0.29, 0.717) is 17.1 Å². The molecule has 0 aromatic heterocycles. The van der Waals surface area contributed by atoms with Crippen molar-refractivity contribution in [3.05, 3.63) is 18.2 Å². The molecule has 1 heterocycles. The number of nitrogens with one attached hydrogen (secondary N) is 1. The molecule has 1 aromatic carbocycles. The number of anilines is 2. The van der Waals surface area contributed by atoms with Crippen LogP contribution in [0.1, 0.15) is 6.92 Å². The zero-order valence-corrected chi connectivity index (χ0v) is 9.84. The molecule has 7 nitrogen and oxygen atoms in total. The smallest absolute Gasteiger partial charge is 0.268 e. The predicted molar refractivity (Wildman–Crippen MR) is 65.6 cm³/mol. The molecule has 2 rings (SSSR count). The zero-order valence-electron chi connectivity index (χ0n) is 9.84. The summed E-state index contributed by atoms with van der Waals surface area (Å²) >= 11 is 0. The molecule has 0 radical (unpaired) electrons. The second kappa shape index (κ2) is 4.53. The lowest BCUT2D eigenvalue weighted by Gasteiger charge is -2.32. The number of amides is 2. The summed E-state index contributed by atoms with van der Waals surface area (Å²) in [5.41, 5.74) is 8.68. The minimum atomic E-state index is -0.662. The Labute approximate surface area is 104 Å². The van der Waals surface area contributed by atoms with E-state index in [1.165, 1.54) is 4.90 Å². The monoisotopic (exact) mass is 250 g/mol. The van der Waals surface area contributed by atoms with Gasteiger partial charge in [0, 0.05) is 11.8 Å². The first-order chi connectivity index (χ1) is 8.52. The highest BCUT2D eigenvalue weighted by Crippen LogP contribution is 2.35. The van der Waals surface area contributed by atoms with Crippen molar-refractivity contribution in [2.24, 2.45) is 5.84 Å². The number of hydrogen-bond donors (Lipinski definition) is 3. The third kappa shape index (κ3) is 2.07. The van der Waals surface area contributed by atoms with Crippen LogP contribution in [0.3, 0.4) is 0 Å². The van der Waals surface area contributed by atoms with Crippen LogP contribution < -0.4 is 26.6 Å². The van der Waals surface area contributed by atoms with Gasteiger partial charge in [0.1, 0.15) is 12.3 Å². The van der Waals surface area contributed by atoms with Crippen molar-refractivity contribution in [1.29, 1.82) is 0 Å². The quantitative estimate of drug-likeness (QED) is 0.280. The first-order valence-corrected chi connectivity index (χ1v) is 5.40. The van der Waals surface area contributed by atoms with Crippen molar-refractivity contribution in [2.75, 3.05) is 17.2 Å². The van der Waals surface area contributed by atoms with Gasteiger partial charge >= 0.3 is 0 Å². The molecule has 1 aliphatic rings. The number of nitrogens with two attached hydrogens (primary N) is 2. The number of fused-ring (bicyclic) bond motifs is 1. The van der Waals surface area contributed by atoms with Crippen molar-refractivity contribution < 1.29 is 14.3 Å². The Hall–Kier alpha value is -2.28. The molecular formula is C11H14N4O3. The van der Waals surface area contributed by atoms with Crippen molar-refractivity contribution in [3.8, 4) is 5.75 Å². The number of nitrogens with zero attached hydrogens (tertiary/aromatic N) is 1. The Morgan fingerprint density at radius 3 is 2.94 bits per heavy atom. The standard InChI is InChI=1S/C11H14N4O3/c1-6-11(17)15(5-10(16)14-13)8-3-2-7(12)4-9(8)18-6/h2-4,6H,5,12-13H2,1H3,(H,14,16). The maximum absolute atomic E-state index is 12.0. The fraction of sp³-hybridized carbons (Fsp3) is 0.273. The van der Waals surface area contributed by atoms with E-state index in [2.05, 4.69) is 0 Å². The van der Waals surface area contributed by atoms with Crippen LogP contribution in [-0.4, -0.2) is 24.5 Å². The molecule has 1 unspecified atom stereocenters. The number of hydrazine groups is 1. The number of carbonyl (C=O) groups is 2. The third-order valence-corrected chi connectivity index (χ3v) is 2.65. The summed E-state index contributed by atoms with van der Waals surface area (Å²) in [6.45, 7) is 1.46. The minimum Gasteiger partial charge on any atom is -0.479 e. The summed E-state index contributed by atoms with van der Waals surface area (Å²) < 4.78 is 5.44. The van der Waals surface area contributed by atoms with Crippen molar-refractivity contribution in [2.45, 2.75) is 13.0 Å². The average Bonchev–Trinajstić information content (AvgIpc) is 2.34. The average molecular weight is 250 g/mol. The fourth-order valence-electron chi connectivity index (χ4n) is 1.78. The van der Waals surface area contributed by atoms with Gasteiger partial charge in [-0.15, -0.1) is 0 Å². The number of nitrogen functional groups attached to an aromatic ring is 1. The van der Waals surface area contributed by atoms with Crippen LogP contribution in [0.15, 0.2) is 18.2 Å². The Bertz CT molecular complexity index is 503. The van der Waals surface area contributed by atoms with Gasteiger partial charge in [0.05, 0.1) is 5.69 Å². The highest BCUT2D eigenvalue weighted by Gasteiger charge is 2.32. The molecule has 1 aliphatic heterocycles. The molecule has 1 atom stereocenters. The summed E-state index contributed by atoms with van der Waals surface area (Å²) in [7, 11) is 0. The van der Waals surface area contributed by atoms with Crippen LogP contribution in [0, 0.1) is 0 Å². The van der Waals surface area contributed by atoms with Crippen LogP contribution >= 0.6 is 0 Å². The van der Waals surface area contributed by atoms with E-state index in [-0.39, 0.29) is 12.5 Å². The number of ether oxygens (including phenoxy) is 1. The second-order valence-corrected chi connectivity index (χ2v) is 3.98. The lowest BCUT2D eigenvalue weighted by molar-refractivity contribution is -0.128. The van der Waals surface area contributed by atoms with Gasteiger partial charge in [0.2, 0.25) is 0 Å². The van der Waals surface area contributed by atoms with Gasteiger partial charge < -0.3 is 10.5 Å². The first-order valence-electron chi connectivity index (χ1n) is 5.40. The second-order valence-electron chi connectivity index (χ2n) is 3.98. The van der Waals surface area contributed by atoms with Gasteiger partial charge in [-0.3, -0.25) is 19.9 Å². The van der Waals surface area contributed by atoms with Gasteiger partial charge in [-0.1, -0.05) is 0 Å². The Morgan fingerprint density at radius 1 is 1.56 bits per heavy atom. The lowest BCUT2D eigenvalue weighted by Crippen LogP contribution is -2.49. The number of carbonyl (C=O) groups excluding carboxylic acids is 2. The summed E-state index contributed by atoms with van der Waals surface area (Å²) in [5, 5.41) is 0. The normalized spacial score (nSPS) is 18.0. The molecule has 0 saturated heterocycles. The molecule has 7 heteroatoms. The predicted octanol–water partition coefficient (Wildman–Crippen LogP) is -0.627. The van der Waals surface area contributed by atoms with E-state index in [1.807, 2.05) is 5.43 Å².